The zero-order valence-electron chi connectivity index (χ0n) is 11.7. The van der Waals surface area contributed by atoms with Gasteiger partial charge in [0.25, 0.3) is 0 Å². The summed E-state index contributed by atoms with van der Waals surface area (Å²) in [7, 11) is -3.48. The van der Waals surface area contributed by atoms with Gasteiger partial charge in [-0.1, -0.05) is 6.92 Å². The van der Waals surface area contributed by atoms with Crippen LogP contribution in [0.25, 0.3) is 0 Å². The van der Waals surface area contributed by atoms with Crippen molar-refractivity contribution < 1.29 is 13.5 Å². The van der Waals surface area contributed by atoms with Gasteiger partial charge >= 0.3 is 0 Å². The Balaban J connectivity index is 2.20. The Labute approximate surface area is 114 Å². The van der Waals surface area contributed by atoms with Crippen LogP contribution in [-0.2, 0) is 16.6 Å². The number of nitrogens with zero attached hydrogens (tertiary/aromatic N) is 1. The highest BCUT2D eigenvalue weighted by Gasteiger charge is 2.38. The van der Waals surface area contributed by atoms with Crippen molar-refractivity contribution in [3.8, 4) is 0 Å². The second-order valence-corrected chi connectivity index (χ2v) is 7.73. The van der Waals surface area contributed by atoms with Crippen molar-refractivity contribution in [2.45, 2.75) is 51.2 Å². The van der Waals surface area contributed by atoms with Gasteiger partial charge < -0.3 is 9.67 Å². The van der Waals surface area contributed by atoms with Crippen LogP contribution in [0.3, 0.4) is 0 Å². The van der Waals surface area contributed by atoms with E-state index in [1.54, 1.807) is 10.8 Å². The molecule has 2 rings (SSSR count). The van der Waals surface area contributed by atoms with Crippen LogP contribution in [0.1, 0.15) is 45.3 Å². The number of sulfonamides is 1. The maximum atomic E-state index is 12.2. The van der Waals surface area contributed by atoms with Crippen LogP contribution in [-0.4, -0.2) is 24.6 Å². The summed E-state index contributed by atoms with van der Waals surface area (Å²) in [6, 6.07) is 1.66. The molecule has 0 atom stereocenters. The molecule has 1 aliphatic rings. The van der Waals surface area contributed by atoms with Gasteiger partial charge in [0.2, 0.25) is 10.0 Å². The first kappa shape index (κ1) is 14.6. The van der Waals surface area contributed by atoms with Crippen LogP contribution in [0.5, 0.6) is 0 Å². The zero-order chi connectivity index (χ0) is 14.3. The van der Waals surface area contributed by atoms with Crippen molar-refractivity contribution in [1.82, 2.24) is 9.29 Å². The van der Waals surface area contributed by atoms with E-state index in [1.165, 1.54) is 6.07 Å². The van der Waals surface area contributed by atoms with Gasteiger partial charge in [0, 0.05) is 24.5 Å². The summed E-state index contributed by atoms with van der Waals surface area (Å²) in [5, 5.41) is 9.28. The van der Waals surface area contributed by atoms with Crippen molar-refractivity contribution in [3.63, 3.8) is 0 Å². The largest absolute Gasteiger partial charge is 0.390 e. The van der Waals surface area contributed by atoms with E-state index in [0.29, 0.717) is 12.2 Å². The fraction of sp³-hybridized carbons (Fsp3) is 0.692. The second-order valence-electron chi connectivity index (χ2n) is 5.96. The molecule has 0 unspecified atom stereocenters. The molecule has 6 heteroatoms. The van der Waals surface area contributed by atoms with Crippen molar-refractivity contribution in [3.05, 3.63) is 18.0 Å². The lowest BCUT2D eigenvalue weighted by atomic mass is 10.2. The third-order valence-electron chi connectivity index (χ3n) is 3.73. The number of rotatable bonds is 6. The molecule has 0 spiro atoms. The highest BCUT2D eigenvalue weighted by Crippen LogP contribution is 2.44. The first-order valence-corrected chi connectivity index (χ1v) is 8.07. The van der Waals surface area contributed by atoms with Gasteiger partial charge in [0.05, 0.1) is 11.5 Å². The molecule has 0 amide bonds. The van der Waals surface area contributed by atoms with E-state index >= 15 is 0 Å². The maximum Gasteiger partial charge on any atom is 0.242 e. The van der Waals surface area contributed by atoms with Gasteiger partial charge in [-0.25, -0.2) is 13.1 Å². The van der Waals surface area contributed by atoms with Crippen molar-refractivity contribution in [2.75, 3.05) is 6.54 Å². The van der Waals surface area contributed by atoms with E-state index in [1.807, 2.05) is 13.8 Å². The van der Waals surface area contributed by atoms with Gasteiger partial charge in [-0.05, 0) is 38.2 Å². The lowest BCUT2D eigenvalue weighted by Gasteiger charge is -2.11. The molecule has 5 nitrogen and oxygen atoms in total. The topological polar surface area (TPSA) is 71.3 Å². The molecule has 2 N–H and O–H groups in total. The first-order chi connectivity index (χ1) is 8.77. The Morgan fingerprint density at radius 3 is 2.53 bits per heavy atom. The van der Waals surface area contributed by atoms with E-state index < -0.39 is 10.0 Å². The molecule has 1 heterocycles. The van der Waals surface area contributed by atoms with Gasteiger partial charge in [-0.2, -0.15) is 0 Å². The maximum absolute atomic E-state index is 12.2. The minimum atomic E-state index is -3.48. The summed E-state index contributed by atoms with van der Waals surface area (Å²) in [4.78, 5) is 0.231. The molecule has 108 valence electrons. The standard InChI is InChI=1S/C13H22N2O3S/c1-10(2)15-7-12(6-11(15)8-16)19(17,18)14-9-13(3)4-5-13/h6-7,10,14,16H,4-5,8-9H2,1-3H3. The van der Waals surface area contributed by atoms with Crippen LogP contribution in [0.2, 0.25) is 0 Å². The van der Waals surface area contributed by atoms with E-state index in [2.05, 4.69) is 11.6 Å². The molecule has 0 aromatic carbocycles. The third kappa shape index (κ3) is 3.19. The minimum absolute atomic E-state index is 0.118. The molecule has 1 fully saturated rings. The Hall–Kier alpha value is -0.850. The molecular weight excluding hydrogens is 264 g/mol. The van der Waals surface area contributed by atoms with E-state index in [-0.39, 0.29) is 23.0 Å². The van der Waals surface area contributed by atoms with Gasteiger partial charge in [-0.3, -0.25) is 0 Å². The van der Waals surface area contributed by atoms with Crippen molar-refractivity contribution in [1.29, 1.82) is 0 Å². The highest BCUT2D eigenvalue weighted by atomic mass is 32.2. The van der Waals surface area contributed by atoms with E-state index in [0.717, 1.165) is 12.8 Å². The summed E-state index contributed by atoms with van der Waals surface area (Å²) in [6.45, 7) is 6.30. The first-order valence-electron chi connectivity index (χ1n) is 6.59. The normalized spacial score (nSPS) is 17.9. The fourth-order valence-corrected chi connectivity index (χ4v) is 3.24. The molecule has 1 aliphatic carbocycles. The molecule has 1 aromatic heterocycles. The van der Waals surface area contributed by atoms with E-state index in [4.69, 9.17) is 0 Å². The van der Waals surface area contributed by atoms with Gasteiger partial charge in [0.1, 0.15) is 0 Å². The number of aromatic nitrogens is 1. The Kier molecular flexibility index (Phi) is 3.77. The molecule has 0 saturated heterocycles. The summed E-state index contributed by atoms with van der Waals surface area (Å²) in [5.41, 5.74) is 0.751. The fourth-order valence-electron chi connectivity index (χ4n) is 1.99. The van der Waals surface area contributed by atoms with Crippen LogP contribution in [0.15, 0.2) is 17.2 Å². The second kappa shape index (κ2) is 4.92. The van der Waals surface area contributed by atoms with E-state index in [9.17, 15) is 13.5 Å². The Morgan fingerprint density at radius 1 is 1.47 bits per heavy atom. The lowest BCUT2D eigenvalue weighted by molar-refractivity contribution is 0.268. The summed E-state index contributed by atoms with van der Waals surface area (Å²) in [5.74, 6) is 0. The summed E-state index contributed by atoms with van der Waals surface area (Å²) in [6.07, 6.45) is 3.74. The predicted octanol–water partition coefficient (Wildman–Crippen LogP) is 1.64. The molecule has 1 saturated carbocycles. The highest BCUT2D eigenvalue weighted by molar-refractivity contribution is 7.89. The summed E-state index contributed by atoms with van der Waals surface area (Å²) < 4.78 is 28.9. The molecule has 0 radical (unpaired) electrons. The van der Waals surface area contributed by atoms with Crippen LogP contribution < -0.4 is 4.72 Å². The molecule has 1 aromatic rings. The van der Waals surface area contributed by atoms with Gasteiger partial charge in [0.15, 0.2) is 0 Å². The lowest BCUT2D eigenvalue weighted by Crippen LogP contribution is -2.28. The number of hydrogen-bond donors (Lipinski definition) is 2. The van der Waals surface area contributed by atoms with Crippen molar-refractivity contribution >= 4 is 10.0 Å². The molecular formula is C13H22N2O3S. The summed E-state index contributed by atoms with van der Waals surface area (Å²) >= 11 is 0. The van der Waals surface area contributed by atoms with Crippen LogP contribution in [0, 0.1) is 5.41 Å². The zero-order valence-corrected chi connectivity index (χ0v) is 12.5. The quantitative estimate of drug-likeness (QED) is 0.835. The number of aliphatic hydroxyl groups is 1. The monoisotopic (exact) mass is 286 g/mol. The Morgan fingerprint density at radius 2 is 2.11 bits per heavy atom. The van der Waals surface area contributed by atoms with Crippen molar-refractivity contribution in [2.24, 2.45) is 5.41 Å². The average Bonchev–Trinajstić information content (AvgIpc) is 2.92. The van der Waals surface area contributed by atoms with Crippen LogP contribution in [0.4, 0.5) is 0 Å². The number of hydrogen-bond acceptors (Lipinski definition) is 3. The van der Waals surface area contributed by atoms with Gasteiger partial charge in [-0.15, -0.1) is 0 Å². The molecule has 0 aliphatic heterocycles. The average molecular weight is 286 g/mol. The number of aliphatic hydroxyl groups excluding tert-OH is 1. The Bertz CT molecular complexity index is 556. The number of nitrogens with one attached hydrogen (secondary N) is 1. The smallest absolute Gasteiger partial charge is 0.242 e. The predicted molar refractivity (Wildman–Crippen MR) is 73.3 cm³/mol. The molecule has 19 heavy (non-hydrogen) atoms. The van der Waals surface area contributed by atoms with Crippen LogP contribution >= 0.6 is 0 Å². The minimum Gasteiger partial charge on any atom is -0.390 e. The molecule has 0 bridgehead atoms. The third-order valence-corrected chi connectivity index (χ3v) is 5.10. The SMILES string of the molecule is CC(C)n1cc(S(=O)(=O)NCC2(C)CC2)cc1CO.